The molecule has 1 N–H and O–H groups in total. The molecular formula is C21H18N4OS. The number of nitrogens with zero attached hydrogens (tertiary/aromatic N) is 3. The first-order valence-electron chi connectivity index (χ1n) is 8.63. The van der Waals surface area contributed by atoms with Crippen LogP contribution in [0.25, 0.3) is 16.5 Å². The van der Waals surface area contributed by atoms with Gasteiger partial charge in [0.2, 0.25) is 5.91 Å². The SMILES string of the molecule is C[C@H](Sc1nncn1-c1ccccc1)C(=O)Nc1cccc2ccccc12. The number of aromatic nitrogens is 3. The number of hydrogen-bond donors (Lipinski definition) is 1. The van der Waals surface area contributed by atoms with E-state index in [1.165, 1.54) is 11.8 Å². The highest BCUT2D eigenvalue weighted by molar-refractivity contribution is 8.00. The summed E-state index contributed by atoms with van der Waals surface area (Å²) in [6.45, 7) is 1.87. The average molecular weight is 374 g/mol. The summed E-state index contributed by atoms with van der Waals surface area (Å²) in [5.41, 5.74) is 1.78. The van der Waals surface area contributed by atoms with Crippen molar-refractivity contribution in [2.75, 3.05) is 5.32 Å². The smallest absolute Gasteiger partial charge is 0.237 e. The number of hydrogen-bond acceptors (Lipinski definition) is 4. The van der Waals surface area contributed by atoms with Crippen LogP contribution in [0.2, 0.25) is 0 Å². The second-order valence-electron chi connectivity index (χ2n) is 6.10. The van der Waals surface area contributed by atoms with Crippen molar-refractivity contribution in [3.05, 3.63) is 79.1 Å². The van der Waals surface area contributed by atoms with E-state index in [0.29, 0.717) is 5.16 Å². The van der Waals surface area contributed by atoms with Crippen molar-refractivity contribution >= 4 is 34.1 Å². The Morgan fingerprint density at radius 2 is 1.74 bits per heavy atom. The maximum absolute atomic E-state index is 12.7. The molecule has 0 aliphatic heterocycles. The molecule has 4 rings (SSSR count). The summed E-state index contributed by atoms with van der Waals surface area (Å²) in [5, 5.41) is 13.7. The monoisotopic (exact) mass is 374 g/mol. The standard InChI is InChI=1S/C21H18N4OS/c1-15(27-21-24-22-14-25(21)17-10-3-2-4-11-17)20(26)23-19-13-7-9-16-8-5-6-12-18(16)19/h2-15H,1H3,(H,23,26)/t15-/m0/s1. The minimum absolute atomic E-state index is 0.0704. The van der Waals surface area contributed by atoms with Crippen molar-refractivity contribution in [3.63, 3.8) is 0 Å². The van der Waals surface area contributed by atoms with E-state index in [2.05, 4.69) is 15.5 Å². The van der Waals surface area contributed by atoms with Crippen molar-refractivity contribution < 1.29 is 4.79 Å². The maximum Gasteiger partial charge on any atom is 0.237 e. The topological polar surface area (TPSA) is 59.8 Å². The molecule has 0 bridgehead atoms. The van der Waals surface area contributed by atoms with Crippen molar-refractivity contribution in [2.45, 2.75) is 17.3 Å². The quantitative estimate of drug-likeness (QED) is 0.521. The van der Waals surface area contributed by atoms with Gasteiger partial charge in [-0.1, -0.05) is 66.4 Å². The van der Waals surface area contributed by atoms with Gasteiger partial charge >= 0.3 is 0 Å². The number of para-hydroxylation sites is 1. The zero-order chi connectivity index (χ0) is 18.6. The van der Waals surface area contributed by atoms with Gasteiger partial charge in [0, 0.05) is 16.8 Å². The summed E-state index contributed by atoms with van der Waals surface area (Å²) in [4.78, 5) is 12.7. The first-order chi connectivity index (χ1) is 13.2. The van der Waals surface area contributed by atoms with Crippen molar-refractivity contribution in [3.8, 4) is 5.69 Å². The molecule has 1 aromatic heterocycles. The molecule has 0 saturated carbocycles. The molecule has 0 saturated heterocycles. The third-order valence-electron chi connectivity index (χ3n) is 4.25. The Balaban J connectivity index is 1.52. The highest BCUT2D eigenvalue weighted by Gasteiger charge is 2.19. The van der Waals surface area contributed by atoms with Crippen LogP contribution in [0.4, 0.5) is 5.69 Å². The molecule has 0 fully saturated rings. The van der Waals surface area contributed by atoms with Crippen molar-refractivity contribution in [1.82, 2.24) is 14.8 Å². The highest BCUT2D eigenvalue weighted by Crippen LogP contribution is 2.27. The van der Waals surface area contributed by atoms with Gasteiger partial charge in [0.25, 0.3) is 0 Å². The largest absolute Gasteiger partial charge is 0.325 e. The summed E-state index contributed by atoms with van der Waals surface area (Å²) >= 11 is 1.38. The fraction of sp³-hybridized carbons (Fsp3) is 0.0952. The summed E-state index contributed by atoms with van der Waals surface area (Å²) < 4.78 is 1.88. The number of rotatable bonds is 5. The van der Waals surface area contributed by atoms with Crippen LogP contribution in [-0.2, 0) is 4.79 Å². The molecule has 0 radical (unpaired) electrons. The number of thioether (sulfide) groups is 1. The Morgan fingerprint density at radius 3 is 2.59 bits per heavy atom. The zero-order valence-electron chi connectivity index (χ0n) is 14.7. The fourth-order valence-electron chi connectivity index (χ4n) is 2.85. The van der Waals surface area contributed by atoms with E-state index in [1.807, 2.05) is 84.3 Å². The minimum Gasteiger partial charge on any atom is -0.325 e. The minimum atomic E-state index is -0.323. The lowest BCUT2D eigenvalue weighted by Gasteiger charge is -2.14. The molecule has 1 amide bonds. The Hall–Kier alpha value is -3.12. The summed E-state index contributed by atoms with van der Waals surface area (Å²) in [5.74, 6) is -0.0704. The van der Waals surface area contributed by atoms with Gasteiger partial charge in [-0.25, -0.2) is 0 Å². The summed E-state index contributed by atoms with van der Waals surface area (Å²) in [6, 6.07) is 23.7. The molecule has 0 unspecified atom stereocenters. The lowest BCUT2D eigenvalue weighted by molar-refractivity contribution is -0.115. The van der Waals surface area contributed by atoms with Gasteiger partial charge in [0.15, 0.2) is 5.16 Å². The van der Waals surface area contributed by atoms with Crippen LogP contribution in [0.3, 0.4) is 0 Å². The van der Waals surface area contributed by atoms with E-state index in [0.717, 1.165) is 22.1 Å². The number of carbonyl (C=O) groups excluding carboxylic acids is 1. The normalized spacial score (nSPS) is 12.0. The van der Waals surface area contributed by atoms with Crippen molar-refractivity contribution in [1.29, 1.82) is 0 Å². The Morgan fingerprint density at radius 1 is 1.00 bits per heavy atom. The third-order valence-corrected chi connectivity index (χ3v) is 5.31. The van der Waals surface area contributed by atoms with Crippen LogP contribution >= 0.6 is 11.8 Å². The van der Waals surface area contributed by atoms with Crippen LogP contribution in [0, 0.1) is 0 Å². The number of amides is 1. The third kappa shape index (κ3) is 3.71. The predicted molar refractivity (Wildman–Crippen MR) is 109 cm³/mol. The number of anilines is 1. The van der Waals surface area contributed by atoms with Gasteiger partial charge in [-0.2, -0.15) is 0 Å². The molecule has 1 heterocycles. The first kappa shape index (κ1) is 17.3. The van der Waals surface area contributed by atoms with E-state index in [9.17, 15) is 4.79 Å². The second-order valence-corrected chi connectivity index (χ2v) is 7.40. The Labute approximate surface area is 161 Å². The predicted octanol–water partition coefficient (Wildman–Crippen LogP) is 4.54. The van der Waals surface area contributed by atoms with Crippen molar-refractivity contribution in [2.24, 2.45) is 0 Å². The number of nitrogens with one attached hydrogen (secondary N) is 1. The molecule has 0 aliphatic rings. The van der Waals surface area contributed by atoms with Gasteiger partial charge < -0.3 is 5.32 Å². The van der Waals surface area contributed by atoms with Gasteiger partial charge in [-0.3, -0.25) is 9.36 Å². The molecular weight excluding hydrogens is 356 g/mol. The van der Waals surface area contributed by atoms with E-state index in [1.54, 1.807) is 6.33 Å². The van der Waals surface area contributed by atoms with E-state index in [-0.39, 0.29) is 11.2 Å². The van der Waals surface area contributed by atoms with Crippen LogP contribution in [0.1, 0.15) is 6.92 Å². The van der Waals surface area contributed by atoms with Gasteiger partial charge in [0.1, 0.15) is 6.33 Å². The molecule has 4 aromatic rings. The van der Waals surface area contributed by atoms with Gasteiger partial charge in [0.05, 0.1) is 5.25 Å². The highest BCUT2D eigenvalue weighted by atomic mass is 32.2. The lowest BCUT2D eigenvalue weighted by Crippen LogP contribution is -2.23. The zero-order valence-corrected chi connectivity index (χ0v) is 15.6. The Kier molecular flexibility index (Phi) is 4.89. The maximum atomic E-state index is 12.7. The lowest BCUT2D eigenvalue weighted by atomic mass is 10.1. The van der Waals surface area contributed by atoms with E-state index in [4.69, 9.17) is 0 Å². The molecule has 1 atom stereocenters. The molecule has 5 nitrogen and oxygen atoms in total. The molecule has 0 aliphatic carbocycles. The average Bonchev–Trinajstić information content (AvgIpc) is 3.17. The molecule has 27 heavy (non-hydrogen) atoms. The molecule has 134 valence electrons. The number of fused-ring (bicyclic) bond motifs is 1. The van der Waals surface area contributed by atoms with E-state index >= 15 is 0 Å². The van der Waals surface area contributed by atoms with Crippen LogP contribution in [-0.4, -0.2) is 25.9 Å². The molecule has 0 spiro atoms. The Bertz CT molecular complexity index is 1070. The van der Waals surface area contributed by atoms with Gasteiger partial charge in [-0.15, -0.1) is 10.2 Å². The van der Waals surface area contributed by atoms with E-state index < -0.39 is 0 Å². The molecule has 3 aromatic carbocycles. The van der Waals surface area contributed by atoms with Crippen LogP contribution < -0.4 is 5.32 Å². The number of benzene rings is 3. The summed E-state index contributed by atoms with van der Waals surface area (Å²) in [7, 11) is 0. The first-order valence-corrected chi connectivity index (χ1v) is 9.51. The van der Waals surface area contributed by atoms with Crippen LogP contribution in [0.15, 0.2) is 84.3 Å². The fourth-order valence-corrected chi connectivity index (χ4v) is 3.69. The van der Waals surface area contributed by atoms with Crippen LogP contribution in [0.5, 0.6) is 0 Å². The van der Waals surface area contributed by atoms with Gasteiger partial charge in [-0.05, 0) is 30.5 Å². The second kappa shape index (κ2) is 7.63. The number of carbonyl (C=O) groups is 1. The molecule has 6 heteroatoms. The summed E-state index contributed by atoms with van der Waals surface area (Å²) in [6.07, 6.45) is 1.66.